The van der Waals surface area contributed by atoms with Gasteiger partial charge in [0.05, 0.1) is 16.7 Å². The molecule has 0 spiro atoms. The number of nitrogens with one attached hydrogen (secondary N) is 1. The summed E-state index contributed by atoms with van der Waals surface area (Å²) in [5.74, 6) is -1.10. The summed E-state index contributed by atoms with van der Waals surface area (Å²) in [6.45, 7) is 0.122. The van der Waals surface area contributed by atoms with Gasteiger partial charge in [-0.1, -0.05) is 0 Å². The maximum Gasteiger partial charge on any atom is 0.335 e. The topological polar surface area (TPSA) is 101 Å². The molecule has 1 heterocycles. The molecule has 0 saturated heterocycles. The highest BCUT2D eigenvalue weighted by Gasteiger charge is 2.14. The van der Waals surface area contributed by atoms with E-state index in [1.165, 1.54) is 24.3 Å². The van der Waals surface area contributed by atoms with Gasteiger partial charge in [-0.3, -0.25) is 4.68 Å². The molecule has 1 aromatic carbocycles. The lowest BCUT2D eigenvalue weighted by Gasteiger charge is -2.05. The largest absolute Gasteiger partial charge is 0.478 e. The molecule has 0 aliphatic rings. The van der Waals surface area contributed by atoms with Crippen LogP contribution in [0, 0.1) is 0 Å². The van der Waals surface area contributed by atoms with E-state index in [1.54, 1.807) is 24.1 Å². The maximum absolute atomic E-state index is 12.0. The Morgan fingerprint density at radius 2 is 2.00 bits per heavy atom. The van der Waals surface area contributed by atoms with E-state index in [1.807, 2.05) is 0 Å². The van der Waals surface area contributed by atoms with Gasteiger partial charge in [-0.15, -0.1) is 0 Å². The van der Waals surface area contributed by atoms with Crippen LogP contribution in [0.2, 0.25) is 0 Å². The van der Waals surface area contributed by atoms with Gasteiger partial charge < -0.3 is 5.11 Å². The highest BCUT2D eigenvalue weighted by molar-refractivity contribution is 7.89. The van der Waals surface area contributed by atoms with Gasteiger partial charge >= 0.3 is 5.97 Å². The molecule has 0 aliphatic heterocycles. The van der Waals surface area contributed by atoms with Crippen LogP contribution in [0.15, 0.2) is 41.6 Å². The van der Waals surface area contributed by atoms with Crippen molar-refractivity contribution in [2.75, 3.05) is 0 Å². The van der Waals surface area contributed by atoms with Crippen LogP contribution in [0.1, 0.15) is 15.9 Å². The standard InChI is InChI=1S/C12H13N3O4S/c1-15-8-9(6-13-15)7-14-20(18,19)11-4-2-10(3-5-11)12(16)17/h2-6,8,14H,7H2,1H3,(H,16,17). The second-order valence-electron chi connectivity index (χ2n) is 4.18. The van der Waals surface area contributed by atoms with Crippen molar-refractivity contribution < 1.29 is 18.3 Å². The predicted octanol–water partition coefficient (Wildman–Crippen LogP) is 0.597. The summed E-state index contributed by atoms with van der Waals surface area (Å²) >= 11 is 0. The van der Waals surface area contributed by atoms with Gasteiger partial charge in [0.25, 0.3) is 0 Å². The second-order valence-corrected chi connectivity index (χ2v) is 5.94. The Labute approximate surface area is 115 Å². The molecule has 0 unspecified atom stereocenters. The zero-order valence-electron chi connectivity index (χ0n) is 10.6. The fraction of sp³-hybridized carbons (Fsp3) is 0.167. The minimum Gasteiger partial charge on any atom is -0.478 e. The lowest BCUT2D eigenvalue weighted by molar-refractivity contribution is 0.0696. The number of nitrogens with zero attached hydrogens (tertiary/aromatic N) is 2. The first-order valence-electron chi connectivity index (χ1n) is 5.69. The first-order valence-corrected chi connectivity index (χ1v) is 7.17. The molecule has 0 bridgehead atoms. The number of rotatable bonds is 5. The lowest BCUT2D eigenvalue weighted by atomic mass is 10.2. The van der Waals surface area contributed by atoms with Gasteiger partial charge in [0.2, 0.25) is 10.0 Å². The van der Waals surface area contributed by atoms with Crippen LogP contribution in [0.5, 0.6) is 0 Å². The molecular weight excluding hydrogens is 282 g/mol. The number of hydrogen-bond acceptors (Lipinski definition) is 4. The molecule has 2 N–H and O–H groups in total. The minimum absolute atomic E-state index is 0.0198. The molecule has 0 radical (unpaired) electrons. The zero-order chi connectivity index (χ0) is 14.8. The monoisotopic (exact) mass is 295 g/mol. The van der Waals surface area contributed by atoms with Gasteiger partial charge in [-0.2, -0.15) is 5.10 Å². The summed E-state index contributed by atoms with van der Waals surface area (Å²) in [6.07, 6.45) is 3.27. The number of benzene rings is 1. The number of carbonyl (C=O) groups is 1. The third-order valence-corrected chi connectivity index (χ3v) is 4.05. The van der Waals surface area contributed by atoms with Crippen LogP contribution in [-0.4, -0.2) is 29.3 Å². The molecule has 2 aromatic rings. The molecule has 7 nitrogen and oxygen atoms in total. The van der Waals surface area contributed by atoms with Crippen molar-refractivity contribution in [2.24, 2.45) is 7.05 Å². The van der Waals surface area contributed by atoms with Crippen LogP contribution in [0.3, 0.4) is 0 Å². The molecule has 20 heavy (non-hydrogen) atoms. The summed E-state index contributed by atoms with van der Waals surface area (Å²) in [5, 5.41) is 12.7. The molecular formula is C12H13N3O4S. The van der Waals surface area contributed by atoms with E-state index in [4.69, 9.17) is 5.11 Å². The van der Waals surface area contributed by atoms with Crippen molar-refractivity contribution in [3.8, 4) is 0 Å². The molecule has 106 valence electrons. The maximum atomic E-state index is 12.0. The van der Waals surface area contributed by atoms with Crippen LogP contribution in [-0.2, 0) is 23.6 Å². The highest BCUT2D eigenvalue weighted by atomic mass is 32.2. The first-order chi connectivity index (χ1) is 9.38. The third kappa shape index (κ3) is 3.22. The van der Waals surface area contributed by atoms with E-state index < -0.39 is 16.0 Å². The molecule has 0 aliphatic carbocycles. The molecule has 0 amide bonds. The Bertz CT molecular complexity index is 719. The van der Waals surface area contributed by atoms with Crippen LogP contribution in [0.4, 0.5) is 0 Å². The lowest BCUT2D eigenvalue weighted by Crippen LogP contribution is -2.23. The third-order valence-electron chi connectivity index (χ3n) is 2.64. The number of aromatic nitrogens is 2. The quantitative estimate of drug-likeness (QED) is 0.841. The normalized spacial score (nSPS) is 11.4. The summed E-state index contributed by atoms with van der Waals surface area (Å²) in [4.78, 5) is 10.7. The van der Waals surface area contributed by atoms with Crippen molar-refractivity contribution in [1.82, 2.24) is 14.5 Å². The molecule has 0 atom stereocenters. The molecule has 2 rings (SSSR count). The highest BCUT2D eigenvalue weighted by Crippen LogP contribution is 2.11. The number of carboxylic acid groups (broad SMARTS) is 1. The predicted molar refractivity (Wildman–Crippen MR) is 70.6 cm³/mol. The average Bonchev–Trinajstić information content (AvgIpc) is 2.82. The first kappa shape index (κ1) is 14.2. The van der Waals surface area contributed by atoms with E-state index in [9.17, 15) is 13.2 Å². The van der Waals surface area contributed by atoms with Crippen molar-refractivity contribution >= 4 is 16.0 Å². The Hall–Kier alpha value is -2.19. The second kappa shape index (κ2) is 5.43. The Kier molecular flexibility index (Phi) is 3.86. The van der Waals surface area contributed by atoms with Crippen molar-refractivity contribution in [3.63, 3.8) is 0 Å². The zero-order valence-corrected chi connectivity index (χ0v) is 11.5. The van der Waals surface area contributed by atoms with E-state index >= 15 is 0 Å². The smallest absolute Gasteiger partial charge is 0.335 e. The summed E-state index contributed by atoms with van der Waals surface area (Å²) in [7, 11) is -1.93. The fourth-order valence-electron chi connectivity index (χ4n) is 1.60. The Balaban J connectivity index is 2.11. The number of aromatic carboxylic acids is 1. The van der Waals surface area contributed by atoms with Gasteiger partial charge in [0.15, 0.2) is 0 Å². The van der Waals surface area contributed by atoms with Crippen LogP contribution in [0.25, 0.3) is 0 Å². The van der Waals surface area contributed by atoms with Gasteiger partial charge in [0.1, 0.15) is 0 Å². The van der Waals surface area contributed by atoms with E-state index in [-0.39, 0.29) is 17.0 Å². The molecule has 0 fully saturated rings. The fourth-order valence-corrected chi connectivity index (χ4v) is 2.62. The van der Waals surface area contributed by atoms with E-state index in [2.05, 4.69) is 9.82 Å². The number of hydrogen-bond donors (Lipinski definition) is 2. The summed E-state index contributed by atoms with van der Waals surface area (Å²) < 4.78 is 28.0. The average molecular weight is 295 g/mol. The van der Waals surface area contributed by atoms with Crippen LogP contribution < -0.4 is 4.72 Å². The summed E-state index contributed by atoms with van der Waals surface area (Å²) in [5.41, 5.74) is 0.773. The van der Waals surface area contributed by atoms with Crippen LogP contribution >= 0.6 is 0 Å². The van der Waals surface area contributed by atoms with Crippen molar-refractivity contribution in [1.29, 1.82) is 0 Å². The molecule has 8 heteroatoms. The van der Waals surface area contributed by atoms with E-state index in [0.29, 0.717) is 0 Å². The minimum atomic E-state index is -3.67. The number of aryl methyl sites for hydroxylation is 1. The number of sulfonamides is 1. The van der Waals surface area contributed by atoms with E-state index in [0.717, 1.165) is 5.56 Å². The van der Waals surface area contributed by atoms with Gasteiger partial charge in [-0.05, 0) is 24.3 Å². The molecule has 1 aromatic heterocycles. The number of carboxylic acids is 1. The Morgan fingerprint density at radius 1 is 1.35 bits per heavy atom. The summed E-state index contributed by atoms with van der Waals surface area (Å²) in [6, 6.07) is 5.02. The van der Waals surface area contributed by atoms with Gasteiger partial charge in [-0.25, -0.2) is 17.9 Å². The van der Waals surface area contributed by atoms with Crippen molar-refractivity contribution in [3.05, 3.63) is 47.8 Å². The Morgan fingerprint density at radius 3 is 2.50 bits per heavy atom. The van der Waals surface area contributed by atoms with Gasteiger partial charge in [0, 0.05) is 25.4 Å². The molecule has 0 saturated carbocycles. The van der Waals surface area contributed by atoms with Crippen molar-refractivity contribution in [2.45, 2.75) is 11.4 Å². The SMILES string of the molecule is Cn1cc(CNS(=O)(=O)c2ccc(C(=O)O)cc2)cn1.